The Morgan fingerprint density at radius 1 is 1.58 bits per heavy atom. The molecule has 0 bridgehead atoms. The van der Waals surface area contributed by atoms with E-state index in [0.717, 1.165) is 5.39 Å². The van der Waals surface area contributed by atoms with E-state index in [1.54, 1.807) is 6.07 Å². The summed E-state index contributed by atoms with van der Waals surface area (Å²) in [6.45, 7) is 0. The molecule has 0 aliphatic carbocycles. The fourth-order valence-electron chi connectivity index (χ4n) is 0.909. The van der Waals surface area contributed by atoms with E-state index < -0.39 is 0 Å². The van der Waals surface area contributed by atoms with Crippen LogP contribution in [0.3, 0.4) is 0 Å². The first-order valence-corrected chi connectivity index (χ1v) is 3.93. The minimum atomic E-state index is 0.296. The Morgan fingerprint density at radius 3 is 3.17 bits per heavy atom. The normalized spacial score (nSPS) is 10.4. The molecule has 0 aliphatic rings. The summed E-state index contributed by atoms with van der Waals surface area (Å²) >= 11 is 3.23. The van der Waals surface area contributed by atoms with E-state index >= 15 is 0 Å². The molecule has 0 saturated heterocycles. The zero-order valence-electron chi connectivity index (χ0n) is 5.78. The van der Waals surface area contributed by atoms with Gasteiger partial charge in [-0.05, 0) is 27.2 Å². The van der Waals surface area contributed by atoms with Gasteiger partial charge >= 0.3 is 0 Å². The van der Waals surface area contributed by atoms with Crippen LogP contribution in [0.25, 0.3) is 11.0 Å². The summed E-state index contributed by atoms with van der Waals surface area (Å²) in [6.07, 6.45) is 1.38. The zero-order chi connectivity index (χ0) is 8.55. The summed E-state index contributed by atoms with van der Waals surface area (Å²) in [5.74, 6) is 0. The number of aromatic amines is 1. The van der Waals surface area contributed by atoms with Crippen molar-refractivity contribution in [2.24, 2.45) is 5.18 Å². The Labute approximate surface area is 75.3 Å². The smallest absolute Gasteiger partial charge is 0.182 e. The van der Waals surface area contributed by atoms with Gasteiger partial charge in [-0.25, -0.2) is 4.98 Å². The Morgan fingerprint density at radius 2 is 2.42 bits per heavy atom. The standard InChI is InChI=1S/C6H3BrN4O/c7-5-4-1-3(11-12)2-8-6(4)10-9-5/h1-2H,(H,8,9,10). The molecule has 0 spiro atoms. The first-order valence-electron chi connectivity index (χ1n) is 3.14. The minimum absolute atomic E-state index is 0.296. The van der Waals surface area contributed by atoms with Gasteiger partial charge in [0.25, 0.3) is 0 Å². The molecule has 60 valence electrons. The molecule has 2 aromatic rings. The summed E-state index contributed by atoms with van der Waals surface area (Å²) in [5.41, 5.74) is 0.860. The molecule has 0 atom stereocenters. The number of hydrogen-bond donors (Lipinski definition) is 1. The lowest BCUT2D eigenvalue weighted by Crippen LogP contribution is -1.74. The molecule has 1 N–H and O–H groups in total. The Balaban J connectivity index is 2.79. The number of rotatable bonds is 1. The summed E-state index contributed by atoms with van der Waals surface area (Å²) in [5, 5.41) is 10.1. The summed E-state index contributed by atoms with van der Waals surface area (Å²) in [6, 6.07) is 1.61. The molecule has 0 radical (unpaired) electrons. The van der Waals surface area contributed by atoms with Crippen LogP contribution in [-0.2, 0) is 0 Å². The molecule has 0 aliphatic heterocycles. The number of nitrogens with one attached hydrogen (secondary N) is 1. The topological polar surface area (TPSA) is 71.0 Å². The van der Waals surface area contributed by atoms with Crippen molar-refractivity contribution in [2.75, 3.05) is 0 Å². The third-order valence-electron chi connectivity index (χ3n) is 1.45. The van der Waals surface area contributed by atoms with Crippen molar-refractivity contribution in [3.05, 3.63) is 21.8 Å². The summed E-state index contributed by atoms with van der Waals surface area (Å²) in [7, 11) is 0. The second-order valence-corrected chi connectivity index (χ2v) is 2.99. The SMILES string of the molecule is O=Nc1cnc2n[nH]c(Br)c2c1. The van der Waals surface area contributed by atoms with Gasteiger partial charge in [-0.15, -0.1) is 4.91 Å². The average molecular weight is 227 g/mol. The number of nitroso groups, excluding NO2 is 1. The molecule has 2 aromatic heterocycles. The van der Waals surface area contributed by atoms with E-state index in [-0.39, 0.29) is 0 Å². The number of pyridine rings is 1. The van der Waals surface area contributed by atoms with Crippen LogP contribution in [0.2, 0.25) is 0 Å². The van der Waals surface area contributed by atoms with Crippen molar-refractivity contribution in [1.29, 1.82) is 0 Å². The van der Waals surface area contributed by atoms with E-state index in [9.17, 15) is 4.91 Å². The van der Waals surface area contributed by atoms with E-state index in [4.69, 9.17) is 0 Å². The molecular weight excluding hydrogens is 224 g/mol. The van der Waals surface area contributed by atoms with Gasteiger partial charge in [0.15, 0.2) is 5.65 Å². The Bertz CT molecular complexity index is 438. The highest BCUT2D eigenvalue weighted by atomic mass is 79.9. The fraction of sp³-hybridized carbons (Fsp3) is 0. The van der Waals surface area contributed by atoms with Crippen LogP contribution in [0.15, 0.2) is 22.0 Å². The van der Waals surface area contributed by atoms with E-state index in [1.807, 2.05) is 0 Å². The van der Waals surface area contributed by atoms with Gasteiger partial charge in [0.1, 0.15) is 10.3 Å². The third-order valence-corrected chi connectivity index (χ3v) is 2.06. The molecule has 5 nitrogen and oxygen atoms in total. The second-order valence-electron chi connectivity index (χ2n) is 2.19. The van der Waals surface area contributed by atoms with Crippen LogP contribution in [0, 0.1) is 4.91 Å². The van der Waals surface area contributed by atoms with Crippen LogP contribution in [0.5, 0.6) is 0 Å². The number of halogens is 1. The van der Waals surface area contributed by atoms with Crippen LogP contribution >= 0.6 is 15.9 Å². The van der Waals surface area contributed by atoms with Gasteiger partial charge in [0.05, 0.1) is 11.6 Å². The third kappa shape index (κ3) is 1.00. The molecule has 6 heteroatoms. The maximum Gasteiger partial charge on any atom is 0.182 e. The highest BCUT2D eigenvalue weighted by molar-refractivity contribution is 9.10. The number of aromatic nitrogens is 3. The number of nitrogens with zero attached hydrogens (tertiary/aromatic N) is 3. The van der Waals surface area contributed by atoms with Crippen molar-refractivity contribution < 1.29 is 0 Å². The highest BCUT2D eigenvalue weighted by Crippen LogP contribution is 2.23. The number of hydrogen-bond acceptors (Lipinski definition) is 4. The average Bonchev–Trinajstić information content (AvgIpc) is 2.47. The predicted molar refractivity (Wildman–Crippen MR) is 47.0 cm³/mol. The van der Waals surface area contributed by atoms with Gasteiger partial charge < -0.3 is 0 Å². The van der Waals surface area contributed by atoms with Crippen molar-refractivity contribution in [1.82, 2.24) is 15.2 Å². The van der Waals surface area contributed by atoms with Gasteiger partial charge in [0, 0.05) is 0 Å². The molecular formula is C6H3BrN4O. The number of H-pyrrole nitrogens is 1. The Kier molecular flexibility index (Phi) is 1.61. The maximum atomic E-state index is 10.1. The van der Waals surface area contributed by atoms with Crippen LogP contribution in [0.1, 0.15) is 0 Å². The van der Waals surface area contributed by atoms with Crippen molar-refractivity contribution in [3.63, 3.8) is 0 Å². The highest BCUT2D eigenvalue weighted by Gasteiger charge is 2.04. The lowest BCUT2D eigenvalue weighted by atomic mass is 10.3. The molecule has 12 heavy (non-hydrogen) atoms. The predicted octanol–water partition coefficient (Wildman–Crippen LogP) is 2.12. The molecule has 0 amide bonds. The first-order chi connectivity index (χ1) is 5.81. The molecule has 0 aromatic carbocycles. The lowest BCUT2D eigenvalue weighted by molar-refractivity contribution is 1.08. The van der Waals surface area contributed by atoms with Gasteiger partial charge in [-0.1, -0.05) is 0 Å². The largest absolute Gasteiger partial charge is 0.269 e. The van der Waals surface area contributed by atoms with E-state index in [0.29, 0.717) is 15.9 Å². The minimum Gasteiger partial charge on any atom is -0.269 e. The van der Waals surface area contributed by atoms with Crippen molar-refractivity contribution in [2.45, 2.75) is 0 Å². The van der Waals surface area contributed by atoms with Crippen molar-refractivity contribution in [3.8, 4) is 0 Å². The Hall–Kier alpha value is -1.30. The van der Waals surface area contributed by atoms with Crippen LogP contribution in [0.4, 0.5) is 5.69 Å². The van der Waals surface area contributed by atoms with Gasteiger partial charge in [-0.3, -0.25) is 5.10 Å². The number of fused-ring (bicyclic) bond motifs is 1. The lowest BCUT2D eigenvalue weighted by Gasteiger charge is -1.87. The van der Waals surface area contributed by atoms with E-state index in [1.165, 1.54) is 6.20 Å². The quantitative estimate of drug-likeness (QED) is 0.758. The van der Waals surface area contributed by atoms with Gasteiger partial charge in [-0.2, -0.15) is 5.10 Å². The van der Waals surface area contributed by atoms with Gasteiger partial charge in [0.2, 0.25) is 0 Å². The molecule has 0 unspecified atom stereocenters. The molecule has 0 saturated carbocycles. The molecule has 2 rings (SSSR count). The first kappa shape index (κ1) is 7.35. The summed E-state index contributed by atoms with van der Waals surface area (Å²) < 4.78 is 0.704. The second kappa shape index (κ2) is 2.63. The fourth-order valence-corrected chi connectivity index (χ4v) is 1.29. The van der Waals surface area contributed by atoms with Crippen LogP contribution < -0.4 is 0 Å². The van der Waals surface area contributed by atoms with Crippen LogP contribution in [-0.4, -0.2) is 15.2 Å². The summed E-state index contributed by atoms with van der Waals surface area (Å²) in [4.78, 5) is 14.1. The van der Waals surface area contributed by atoms with Crippen molar-refractivity contribution >= 4 is 32.7 Å². The molecule has 2 heterocycles. The molecule has 0 fully saturated rings. The van der Waals surface area contributed by atoms with E-state index in [2.05, 4.69) is 36.3 Å². The monoisotopic (exact) mass is 226 g/mol. The maximum absolute atomic E-state index is 10.1. The zero-order valence-corrected chi connectivity index (χ0v) is 7.37.